The molecule has 0 spiro atoms. The number of nitrogens with zero attached hydrogens (tertiary/aromatic N) is 2. The first kappa shape index (κ1) is 15.8. The summed E-state index contributed by atoms with van der Waals surface area (Å²) in [6, 6.07) is 4.90. The molecule has 0 amide bonds. The van der Waals surface area contributed by atoms with Crippen molar-refractivity contribution < 1.29 is 4.39 Å². The Balaban J connectivity index is 2.64. The number of nitrogens with two attached hydrogens (primary N) is 1. The maximum atomic E-state index is 13.7. The molecule has 0 unspecified atom stereocenters. The maximum Gasteiger partial charge on any atom is 0.138 e. The van der Waals surface area contributed by atoms with Crippen LogP contribution in [0.25, 0.3) is 11.3 Å². The molecule has 0 radical (unpaired) electrons. The summed E-state index contributed by atoms with van der Waals surface area (Å²) in [7, 11) is 0. The zero-order valence-electron chi connectivity index (χ0n) is 12.5. The van der Waals surface area contributed by atoms with Gasteiger partial charge in [0.1, 0.15) is 23.2 Å². The van der Waals surface area contributed by atoms with E-state index >= 15 is 0 Å². The van der Waals surface area contributed by atoms with Crippen molar-refractivity contribution in [2.75, 3.05) is 5.73 Å². The second-order valence-corrected chi connectivity index (χ2v) is 6.80. The van der Waals surface area contributed by atoms with Crippen LogP contribution in [0.3, 0.4) is 0 Å². The second-order valence-electron chi connectivity index (χ2n) is 5.95. The van der Waals surface area contributed by atoms with Gasteiger partial charge in [0.05, 0.1) is 4.47 Å². The van der Waals surface area contributed by atoms with Crippen LogP contribution in [0.2, 0.25) is 0 Å². The van der Waals surface area contributed by atoms with E-state index in [9.17, 15) is 4.39 Å². The molecule has 2 rings (SSSR count). The number of hydrogen-bond acceptors (Lipinski definition) is 2. The predicted octanol–water partition coefficient (Wildman–Crippen LogP) is 4.52. The molecular formula is C16H19BrFN3. The Labute approximate surface area is 132 Å². The van der Waals surface area contributed by atoms with E-state index in [1.165, 1.54) is 6.07 Å². The number of aromatic nitrogens is 2. The van der Waals surface area contributed by atoms with Crippen LogP contribution in [0, 0.1) is 5.82 Å². The summed E-state index contributed by atoms with van der Waals surface area (Å²) in [5.74, 6) is 1.06. The highest BCUT2D eigenvalue weighted by atomic mass is 79.9. The molecule has 0 aliphatic carbocycles. The van der Waals surface area contributed by atoms with Crippen LogP contribution in [-0.2, 0) is 12.0 Å². The van der Waals surface area contributed by atoms with Gasteiger partial charge < -0.3 is 10.3 Å². The largest absolute Gasteiger partial charge is 0.383 e. The Morgan fingerprint density at radius 1 is 1.43 bits per heavy atom. The first-order valence-electron chi connectivity index (χ1n) is 6.68. The Morgan fingerprint density at radius 3 is 2.62 bits per heavy atom. The molecule has 0 bridgehead atoms. The molecule has 2 aromatic rings. The normalized spacial score (nSPS) is 11.7. The van der Waals surface area contributed by atoms with Crippen molar-refractivity contribution in [3.8, 4) is 11.3 Å². The topological polar surface area (TPSA) is 43.8 Å². The van der Waals surface area contributed by atoms with Gasteiger partial charge in [0, 0.05) is 17.5 Å². The fraction of sp³-hybridized carbons (Fsp3) is 0.312. The summed E-state index contributed by atoms with van der Waals surface area (Å²) in [6.45, 7) is 10.5. The van der Waals surface area contributed by atoms with E-state index in [1.807, 2.05) is 4.57 Å². The van der Waals surface area contributed by atoms with Gasteiger partial charge in [-0.2, -0.15) is 0 Å². The Bertz CT molecular complexity index is 684. The van der Waals surface area contributed by atoms with Crippen LogP contribution < -0.4 is 5.73 Å². The molecule has 1 heterocycles. The average molecular weight is 352 g/mol. The maximum absolute atomic E-state index is 13.7. The van der Waals surface area contributed by atoms with Crippen molar-refractivity contribution in [1.82, 2.24) is 9.55 Å². The van der Waals surface area contributed by atoms with Crippen LogP contribution in [0.5, 0.6) is 0 Å². The number of halogens is 2. The van der Waals surface area contributed by atoms with Gasteiger partial charge in [0.2, 0.25) is 0 Å². The monoisotopic (exact) mass is 351 g/mol. The van der Waals surface area contributed by atoms with Crippen molar-refractivity contribution in [3.05, 3.63) is 47.0 Å². The van der Waals surface area contributed by atoms with Crippen molar-refractivity contribution in [1.29, 1.82) is 0 Å². The molecule has 3 nitrogen and oxygen atoms in total. The van der Waals surface area contributed by atoms with Crippen LogP contribution in [0.1, 0.15) is 26.6 Å². The fourth-order valence-electron chi connectivity index (χ4n) is 2.21. The van der Waals surface area contributed by atoms with E-state index in [0.717, 1.165) is 5.82 Å². The van der Waals surface area contributed by atoms with Gasteiger partial charge in [-0.15, -0.1) is 6.58 Å². The number of benzene rings is 1. The number of nitrogen functional groups attached to an aromatic ring is 1. The Morgan fingerprint density at radius 2 is 2.10 bits per heavy atom. The minimum atomic E-state index is -0.331. The lowest BCUT2D eigenvalue weighted by Gasteiger charge is -2.19. The number of allylic oxidation sites excluding steroid dienone is 1. The van der Waals surface area contributed by atoms with E-state index in [2.05, 4.69) is 48.3 Å². The third-order valence-corrected chi connectivity index (χ3v) is 3.83. The number of imidazole rings is 1. The minimum absolute atomic E-state index is 0.163. The highest BCUT2D eigenvalue weighted by Crippen LogP contribution is 2.33. The average Bonchev–Trinajstić information content (AvgIpc) is 2.71. The zero-order valence-corrected chi connectivity index (χ0v) is 14.0. The Hall–Kier alpha value is -1.62. The summed E-state index contributed by atoms with van der Waals surface area (Å²) in [5.41, 5.74) is 7.34. The molecule has 0 fully saturated rings. The van der Waals surface area contributed by atoms with E-state index in [0.29, 0.717) is 28.1 Å². The van der Waals surface area contributed by atoms with Crippen LogP contribution in [0.4, 0.5) is 10.2 Å². The van der Waals surface area contributed by atoms with Gasteiger partial charge in [-0.1, -0.05) is 32.9 Å². The second kappa shape index (κ2) is 5.64. The summed E-state index contributed by atoms with van der Waals surface area (Å²) in [4.78, 5) is 4.65. The third kappa shape index (κ3) is 3.02. The van der Waals surface area contributed by atoms with Crippen molar-refractivity contribution in [3.63, 3.8) is 0 Å². The first-order chi connectivity index (χ1) is 9.75. The van der Waals surface area contributed by atoms with E-state index < -0.39 is 0 Å². The lowest BCUT2D eigenvalue weighted by molar-refractivity contribution is 0.515. The first-order valence-corrected chi connectivity index (χ1v) is 7.47. The molecule has 0 aliphatic rings. The molecule has 1 aromatic carbocycles. The zero-order chi connectivity index (χ0) is 15.8. The highest BCUT2D eigenvalue weighted by molar-refractivity contribution is 9.10. The summed E-state index contributed by atoms with van der Waals surface area (Å²) in [5, 5.41) is 0. The smallest absolute Gasteiger partial charge is 0.138 e. The molecule has 0 aliphatic heterocycles. The minimum Gasteiger partial charge on any atom is -0.383 e. The van der Waals surface area contributed by atoms with Crippen LogP contribution in [-0.4, -0.2) is 9.55 Å². The Kier molecular flexibility index (Phi) is 4.23. The molecule has 21 heavy (non-hydrogen) atoms. The lowest BCUT2D eigenvalue weighted by atomic mass is 9.95. The summed E-state index contributed by atoms with van der Waals surface area (Å²) >= 11 is 3.15. The molecule has 112 valence electrons. The summed E-state index contributed by atoms with van der Waals surface area (Å²) in [6.07, 6.45) is 1.78. The van der Waals surface area contributed by atoms with Gasteiger partial charge in [0.15, 0.2) is 0 Å². The fourth-order valence-corrected chi connectivity index (χ4v) is 2.45. The lowest BCUT2D eigenvalue weighted by Crippen LogP contribution is -2.19. The standard InChI is InChI=1S/C16H19BrFN3/c1-5-8-21-14(19)13(20-15(21)16(2,3)4)10-6-7-11(17)12(18)9-10/h5-7,9H,1,8,19H2,2-4H3. The summed E-state index contributed by atoms with van der Waals surface area (Å²) < 4.78 is 16.1. The molecule has 5 heteroatoms. The molecule has 1 aromatic heterocycles. The molecule has 0 atom stereocenters. The van der Waals surface area contributed by atoms with E-state index in [4.69, 9.17) is 5.73 Å². The molecule has 0 saturated carbocycles. The number of rotatable bonds is 3. The van der Waals surface area contributed by atoms with Crippen molar-refractivity contribution in [2.24, 2.45) is 0 Å². The quantitative estimate of drug-likeness (QED) is 0.826. The van der Waals surface area contributed by atoms with Gasteiger partial charge in [0.25, 0.3) is 0 Å². The molecular weight excluding hydrogens is 333 g/mol. The third-order valence-electron chi connectivity index (χ3n) is 3.18. The van der Waals surface area contributed by atoms with E-state index in [-0.39, 0.29) is 11.2 Å². The highest BCUT2D eigenvalue weighted by Gasteiger charge is 2.25. The van der Waals surface area contributed by atoms with Crippen molar-refractivity contribution in [2.45, 2.75) is 32.7 Å². The number of hydrogen-bond donors (Lipinski definition) is 1. The van der Waals surface area contributed by atoms with Gasteiger partial charge in [-0.25, -0.2) is 9.37 Å². The van der Waals surface area contributed by atoms with Crippen LogP contribution in [0.15, 0.2) is 35.3 Å². The van der Waals surface area contributed by atoms with Gasteiger partial charge in [-0.05, 0) is 28.1 Å². The molecule has 2 N–H and O–H groups in total. The predicted molar refractivity (Wildman–Crippen MR) is 88.6 cm³/mol. The van der Waals surface area contributed by atoms with Gasteiger partial charge in [-0.3, -0.25) is 0 Å². The van der Waals surface area contributed by atoms with E-state index in [1.54, 1.807) is 18.2 Å². The van der Waals surface area contributed by atoms with Crippen LogP contribution >= 0.6 is 15.9 Å². The molecule has 0 saturated heterocycles. The van der Waals surface area contributed by atoms with Gasteiger partial charge >= 0.3 is 0 Å². The van der Waals surface area contributed by atoms with Crippen molar-refractivity contribution >= 4 is 21.7 Å². The number of anilines is 1. The SMILES string of the molecule is C=CCn1c(C(C)(C)C)nc(-c2ccc(Br)c(F)c2)c1N.